The van der Waals surface area contributed by atoms with Gasteiger partial charge in [0.15, 0.2) is 11.5 Å². The van der Waals surface area contributed by atoms with E-state index in [1.807, 2.05) is 59.6 Å². The van der Waals surface area contributed by atoms with Crippen molar-refractivity contribution in [3.05, 3.63) is 52.2 Å². The van der Waals surface area contributed by atoms with E-state index in [0.717, 1.165) is 52.4 Å². The number of nitrogens with zero attached hydrogens (tertiary/aromatic N) is 3. The lowest BCUT2D eigenvalue weighted by atomic mass is 10.1. The van der Waals surface area contributed by atoms with Crippen LogP contribution in [0.25, 0.3) is 17.0 Å². The number of hydrogen-bond acceptors (Lipinski definition) is 7. The first-order valence-corrected chi connectivity index (χ1v) is 12.0. The van der Waals surface area contributed by atoms with E-state index < -0.39 is 0 Å². The first-order valence-electron chi connectivity index (χ1n) is 11.1. The van der Waals surface area contributed by atoms with E-state index in [4.69, 9.17) is 19.2 Å². The Morgan fingerprint density at radius 3 is 2.82 bits per heavy atom. The van der Waals surface area contributed by atoms with E-state index in [2.05, 4.69) is 6.07 Å². The van der Waals surface area contributed by atoms with Crippen LogP contribution in [-0.4, -0.2) is 55.9 Å². The van der Waals surface area contributed by atoms with Gasteiger partial charge >= 0.3 is 0 Å². The number of fused-ring (bicyclic) bond motifs is 2. The molecule has 2 aromatic heterocycles. The maximum absolute atomic E-state index is 13.2. The molecule has 0 N–H and O–H groups in total. The Kier molecular flexibility index (Phi) is 6.20. The van der Waals surface area contributed by atoms with Crippen molar-refractivity contribution >= 4 is 40.0 Å². The first kappa shape index (κ1) is 21.7. The summed E-state index contributed by atoms with van der Waals surface area (Å²) in [6, 6.07) is 9.94. The van der Waals surface area contributed by atoms with Crippen LogP contribution in [0.1, 0.15) is 23.3 Å². The molecule has 33 heavy (non-hydrogen) atoms. The number of carbonyl (C=O) groups excluding carboxylic acids is 1. The number of carbonyl (C=O) groups is 1. The molecular formula is C25H27N3O4S. The standard InChI is InChI=1S/C25H27N3O4S/c1-27(2)25-18(11-17-12-22-23(32-16-31-22)13-21(17)26-25)14-28(15-19-5-3-9-30-19)24(29)8-7-20-6-4-10-33-20/h4,6-8,10-13,19H,3,5,9,14-16H2,1-2H3/b8-7+. The maximum atomic E-state index is 13.2. The van der Waals surface area contributed by atoms with Crippen LogP contribution in [0.3, 0.4) is 0 Å². The Morgan fingerprint density at radius 1 is 1.24 bits per heavy atom. The lowest BCUT2D eigenvalue weighted by Crippen LogP contribution is -2.36. The Bertz CT molecular complexity index is 1170. The molecule has 172 valence electrons. The molecule has 3 aromatic rings. The third-order valence-electron chi connectivity index (χ3n) is 5.84. The molecule has 1 aromatic carbocycles. The molecule has 7 nitrogen and oxygen atoms in total. The number of rotatable bonds is 7. The first-order chi connectivity index (χ1) is 16.1. The third-order valence-corrected chi connectivity index (χ3v) is 6.68. The van der Waals surface area contributed by atoms with Crippen LogP contribution < -0.4 is 14.4 Å². The van der Waals surface area contributed by atoms with Gasteiger partial charge in [-0.15, -0.1) is 11.3 Å². The minimum absolute atomic E-state index is 0.0330. The number of thiophene rings is 1. The summed E-state index contributed by atoms with van der Waals surface area (Å²) in [4.78, 5) is 23.0. The molecule has 0 radical (unpaired) electrons. The predicted octanol–water partition coefficient (Wildman–Crippen LogP) is 4.31. The van der Waals surface area contributed by atoms with Crippen LogP contribution in [0.4, 0.5) is 5.82 Å². The van der Waals surface area contributed by atoms with Crippen molar-refractivity contribution in [1.29, 1.82) is 0 Å². The van der Waals surface area contributed by atoms with Crippen LogP contribution in [0.2, 0.25) is 0 Å². The molecule has 5 rings (SSSR count). The number of aromatic nitrogens is 1. The number of ether oxygens (including phenoxy) is 3. The van der Waals surface area contributed by atoms with Gasteiger partial charge in [0.1, 0.15) is 5.82 Å². The van der Waals surface area contributed by atoms with Crippen molar-refractivity contribution in [1.82, 2.24) is 9.88 Å². The summed E-state index contributed by atoms with van der Waals surface area (Å²) in [6.07, 6.45) is 5.60. The summed E-state index contributed by atoms with van der Waals surface area (Å²) in [5.74, 6) is 2.23. The van der Waals surface area contributed by atoms with Crippen molar-refractivity contribution in [3.8, 4) is 11.5 Å². The maximum Gasteiger partial charge on any atom is 0.246 e. The van der Waals surface area contributed by atoms with Crippen molar-refractivity contribution < 1.29 is 19.0 Å². The highest BCUT2D eigenvalue weighted by atomic mass is 32.1. The zero-order valence-corrected chi connectivity index (χ0v) is 19.6. The minimum atomic E-state index is -0.0330. The summed E-state index contributed by atoms with van der Waals surface area (Å²) in [6.45, 7) is 1.97. The highest BCUT2D eigenvalue weighted by molar-refractivity contribution is 7.10. The molecule has 1 amide bonds. The zero-order chi connectivity index (χ0) is 22.8. The fourth-order valence-electron chi connectivity index (χ4n) is 4.22. The minimum Gasteiger partial charge on any atom is -0.454 e. The van der Waals surface area contributed by atoms with Gasteiger partial charge in [0.05, 0.1) is 11.6 Å². The summed E-state index contributed by atoms with van der Waals surface area (Å²) in [5, 5.41) is 2.96. The second kappa shape index (κ2) is 9.41. The van der Waals surface area contributed by atoms with E-state index >= 15 is 0 Å². The summed E-state index contributed by atoms with van der Waals surface area (Å²) in [7, 11) is 3.93. The van der Waals surface area contributed by atoms with Crippen LogP contribution in [-0.2, 0) is 16.1 Å². The topological polar surface area (TPSA) is 64.1 Å². The van der Waals surface area contributed by atoms with Crippen LogP contribution in [0.15, 0.2) is 41.8 Å². The number of pyridine rings is 1. The average molecular weight is 466 g/mol. The highest BCUT2D eigenvalue weighted by Crippen LogP contribution is 2.37. The van der Waals surface area contributed by atoms with Crippen LogP contribution in [0, 0.1) is 0 Å². The van der Waals surface area contributed by atoms with Gasteiger partial charge in [-0.1, -0.05) is 6.07 Å². The second-order valence-corrected chi connectivity index (χ2v) is 9.45. The molecular weight excluding hydrogens is 438 g/mol. The summed E-state index contributed by atoms with van der Waals surface area (Å²) < 4.78 is 16.9. The van der Waals surface area contributed by atoms with Gasteiger partial charge in [-0.3, -0.25) is 4.79 Å². The quantitative estimate of drug-likeness (QED) is 0.485. The number of anilines is 1. The van der Waals surface area contributed by atoms with Crippen LogP contribution >= 0.6 is 11.3 Å². The van der Waals surface area contributed by atoms with Crippen molar-refractivity contribution in [2.24, 2.45) is 0 Å². The Labute approximate surface area is 197 Å². The third kappa shape index (κ3) is 4.82. The molecule has 1 atom stereocenters. The van der Waals surface area contributed by atoms with Crippen molar-refractivity contribution in [2.75, 3.05) is 38.9 Å². The van der Waals surface area contributed by atoms with E-state index in [9.17, 15) is 4.79 Å². The number of amides is 1. The molecule has 8 heteroatoms. The van der Waals surface area contributed by atoms with Gasteiger partial charge in [0, 0.05) is 61.8 Å². The second-order valence-electron chi connectivity index (χ2n) is 8.47. The molecule has 4 heterocycles. The van der Waals surface area contributed by atoms with E-state index in [1.165, 1.54) is 0 Å². The molecule has 0 bridgehead atoms. The van der Waals surface area contributed by atoms with Gasteiger partial charge < -0.3 is 24.0 Å². The van der Waals surface area contributed by atoms with Gasteiger partial charge in [-0.05, 0) is 42.5 Å². The fraction of sp³-hybridized carbons (Fsp3) is 0.360. The van der Waals surface area contributed by atoms with E-state index in [-0.39, 0.29) is 18.8 Å². The lowest BCUT2D eigenvalue weighted by Gasteiger charge is -2.26. The largest absolute Gasteiger partial charge is 0.454 e. The molecule has 2 aliphatic rings. The van der Waals surface area contributed by atoms with Gasteiger partial charge in [-0.2, -0.15) is 0 Å². The monoisotopic (exact) mass is 465 g/mol. The molecule has 1 saturated heterocycles. The van der Waals surface area contributed by atoms with Crippen LogP contribution in [0.5, 0.6) is 11.5 Å². The molecule has 0 aliphatic carbocycles. The Morgan fingerprint density at radius 2 is 2.09 bits per heavy atom. The van der Waals surface area contributed by atoms with E-state index in [1.54, 1.807) is 17.4 Å². The Balaban J connectivity index is 1.47. The van der Waals surface area contributed by atoms with Gasteiger partial charge in [0.2, 0.25) is 12.7 Å². The smallest absolute Gasteiger partial charge is 0.246 e. The average Bonchev–Trinajstić information content (AvgIpc) is 3.57. The zero-order valence-electron chi connectivity index (χ0n) is 18.8. The fourth-order valence-corrected chi connectivity index (χ4v) is 4.84. The molecule has 2 aliphatic heterocycles. The van der Waals surface area contributed by atoms with E-state index in [0.29, 0.717) is 18.8 Å². The highest BCUT2D eigenvalue weighted by Gasteiger charge is 2.24. The normalized spacial score (nSPS) is 17.2. The molecule has 0 spiro atoms. The lowest BCUT2D eigenvalue weighted by molar-refractivity contribution is -0.128. The Hall–Kier alpha value is -3.10. The van der Waals surface area contributed by atoms with Gasteiger partial charge in [-0.25, -0.2) is 4.98 Å². The summed E-state index contributed by atoms with van der Waals surface area (Å²) in [5.41, 5.74) is 1.81. The summed E-state index contributed by atoms with van der Waals surface area (Å²) >= 11 is 1.61. The van der Waals surface area contributed by atoms with Crippen molar-refractivity contribution in [3.63, 3.8) is 0 Å². The van der Waals surface area contributed by atoms with Crippen molar-refractivity contribution in [2.45, 2.75) is 25.5 Å². The predicted molar refractivity (Wildman–Crippen MR) is 130 cm³/mol. The molecule has 1 fully saturated rings. The molecule has 0 saturated carbocycles. The number of benzene rings is 1. The van der Waals surface area contributed by atoms with Gasteiger partial charge in [0.25, 0.3) is 0 Å². The number of hydrogen-bond donors (Lipinski definition) is 0. The SMILES string of the molecule is CN(C)c1nc2cc3c(cc2cc1CN(CC1CCCO1)C(=O)/C=C/c1cccs1)OCO3. The molecule has 1 unspecified atom stereocenters.